The molecular formula is C18H29N. The second-order valence-corrected chi connectivity index (χ2v) is 6.28. The highest BCUT2D eigenvalue weighted by Crippen LogP contribution is 2.35. The summed E-state index contributed by atoms with van der Waals surface area (Å²) in [6.07, 6.45) is 7.12. The molecule has 1 aromatic carbocycles. The topological polar surface area (TPSA) is 12.0 Å². The van der Waals surface area contributed by atoms with Crippen molar-refractivity contribution in [3.63, 3.8) is 0 Å². The van der Waals surface area contributed by atoms with Crippen molar-refractivity contribution in [2.75, 3.05) is 13.1 Å². The zero-order valence-electron chi connectivity index (χ0n) is 12.6. The third-order valence-corrected chi connectivity index (χ3v) is 4.66. The molecule has 106 valence electrons. The average molecular weight is 259 g/mol. The number of hydrogen-bond donors (Lipinski definition) is 1. The molecule has 1 atom stereocenters. The van der Waals surface area contributed by atoms with E-state index < -0.39 is 0 Å². The molecule has 1 heteroatoms. The summed E-state index contributed by atoms with van der Waals surface area (Å²) in [5, 5.41) is 3.55. The maximum Gasteiger partial charge on any atom is 0.00201 e. The molecule has 1 fully saturated rings. The summed E-state index contributed by atoms with van der Waals surface area (Å²) in [5.41, 5.74) is 1.52. The van der Waals surface area contributed by atoms with E-state index in [1.54, 1.807) is 0 Å². The molecule has 1 N–H and O–H groups in total. The third kappa shape index (κ3) is 4.65. The molecule has 0 aromatic heterocycles. The minimum Gasteiger partial charge on any atom is -0.316 e. The van der Waals surface area contributed by atoms with Crippen LogP contribution in [0.15, 0.2) is 30.3 Å². The molecule has 0 amide bonds. The van der Waals surface area contributed by atoms with Gasteiger partial charge in [-0.3, -0.25) is 0 Å². The summed E-state index contributed by atoms with van der Waals surface area (Å²) in [6, 6.07) is 11.1. The molecule has 1 saturated carbocycles. The van der Waals surface area contributed by atoms with Crippen molar-refractivity contribution in [2.45, 2.75) is 51.9 Å². The lowest BCUT2D eigenvalue weighted by atomic mass is 9.77. The summed E-state index contributed by atoms with van der Waals surface area (Å²) in [6.45, 7) is 6.81. The van der Waals surface area contributed by atoms with Crippen LogP contribution in [0.5, 0.6) is 0 Å². The summed E-state index contributed by atoms with van der Waals surface area (Å²) in [4.78, 5) is 0. The van der Waals surface area contributed by atoms with Gasteiger partial charge in [-0.2, -0.15) is 0 Å². The van der Waals surface area contributed by atoms with Crippen molar-refractivity contribution in [3.05, 3.63) is 35.9 Å². The molecular weight excluding hydrogens is 230 g/mol. The van der Waals surface area contributed by atoms with Crippen LogP contribution in [0.4, 0.5) is 0 Å². The molecule has 1 aliphatic rings. The molecule has 2 rings (SSSR count). The maximum atomic E-state index is 3.55. The Morgan fingerprint density at radius 3 is 2.42 bits per heavy atom. The molecule has 0 bridgehead atoms. The Morgan fingerprint density at radius 1 is 1.11 bits per heavy atom. The highest BCUT2D eigenvalue weighted by Gasteiger charge is 2.22. The highest BCUT2D eigenvalue weighted by atomic mass is 14.8. The van der Waals surface area contributed by atoms with E-state index in [-0.39, 0.29) is 0 Å². The zero-order valence-corrected chi connectivity index (χ0v) is 12.6. The minimum atomic E-state index is 0.694. The quantitative estimate of drug-likeness (QED) is 0.787. The number of hydrogen-bond acceptors (Lipinski definition) is 1. The summed E-state index contributed by atoms with van der Waals surface area (Å²) in [5.74, 6) is 2.60. The number of rotatable bonds is 6. The average Bonchev–Trinajstić information content (AvgIpc) is 2.46. The molecule has 0 spiro atoms. The number of benzene rings is 1. The number of likely N-dealkylation sites (N-methyl/N-ethyl adjacent to an activating group) is 1. The van der Waals surface area contributed by atoms with Gasteiger partial charge in [0.1, 0.15) is 0 Å². The molecule has 0 heterocycles. The van der Waals surface area contributed by atoms with E-state index >= 15 is 0 Å². The molecule has 1 aromatic rings. The van der Waals surface area contributed by atoms with E-state index in [0.29, 0.717) is 5.92 Å². The first-order valence-corrected chi connectivity index (χ1v) is 8.05. The first-order valence-electron chi connectivity index (χ1n) is 8.05. The van der Waals surface area contributed by atoms with E-state index in [1.807, 2.05) is 0 Å². The molecule has 1 unspecified atom stereocenters. The summed E-state index contributed by atoms with van der Waals surface area (Å²) < 4.78 is 0. The van der Waals surface area contributed by atoms with Gasteiger partial charge in [0.2, 0.25) is 0 Å². The molecule has 0 saturated heterocycles. The Labute approximate surface area is 118 Å². The largest absolute Gasteiger partial charge is 0.316 e. The summed E-state index contributed by atoms with van der Waals surface area (Å²) in [7, 11) is 0. The smallest absolute Gasteiger partial charge is 0.00201 e. The molecule has 1 nitrogen and oxygen atoms in total. The second kappa shape index (κ2) is 7.69. The van der Waals surface area contributed by atoms with Crippen LogP contribution in [0.25, 0.3) is 0 Å². The van der Waals surface area contributed by atoms with Crippen LogP contribution in [0.1, 0.15) is 57.4 Å². The van der Waals surface area contributed by atoms with E-state index in [9.17, 15) is 0 Å². The van der Waals surface area contributed by atoms with Crippen LogP contribution in [-0.4, -0.2) is 13.1 Å². The molecule has 1 aliphatic carbocycles. The van der Waals surface area contributed by atoms with Crippen molar-refractivity contribution in [1.82, 2.24) is 5.32 Å². The Balaban J connectivity index is 1.94. The van der Waals surface area contributed by atoms with Crippen LogP contribution in [-0.2, 0) is 0 Å². The van der Waals surface area contributed by atoms with Gasteiger partial charge >= 0.3 is 0 Å². The van der Waals surface area contributed by atoms with Gasteiger partial charge in [-0.05, 0) is 36.3 Å². The minimum absolute atomic E-state index is 0.694. The predicted octanol–water partition coefficient (Wildman–Crippen LogP) is 4.60. The number of nitrogens with one attached hydrogen (secondary N) is 1. The Morgan fingerprint density at radius 2 is 1.79 bits per heavy atom. The molecule has 0 aliphatic heterocycles. The second-order valence-electron chi connectivity index (χ2n) is 6.28. The van der Waals surface area contributed by atoms with Gasteiger partial charge in [0, 0.05) is 6.54 Å². The zero-order chi connectivity index (χ0) is 13.5. The monoisotopic (exact) mass is 259 g/mol. The van der Waals surface area contributed by atoms with Gasteiger partial charge in [-0.1, -0.05) is 69.9 Å². The summed E-state index contributed by atoms with van der Waals surface area (Å²) >= 11 is 0. The normalized spacial score (nSPS) is 25.2. The van der Waals surface area contributed by atoms with Crippen molar-refractivity contribution in [1.29, 1.82) is 0 Å². The van der Waals surface area contributed by atoms with Crippen LogP contribution in [0.3, 0.4) is 0 Å². The van der Waals surface area contributed by atoms with Crippen LogP contribution in [0.2, 0.25) is 0 Å². The standard InChI is InChI=1S/C18H29N/c1-3-19-14-18(17-7-5-4-6-8-17)13-16-11-9-15(2)10-12-16/h4-8,15-16,18-19H,3,9-14H2,1-2H3. The fourth-order valence-corrected chi connectivity index (χ4v) is 3.35. The van der Waals surface area contributed by atoms with E-state index in [1.165, 1.54) is 37.7 Å². The van der Waals surface area contributed by atoms with E-state index in [4.69, 9.17) is 0 Å². The van der Waals surface area contributed by atoms with Crippen molar-refractivity contribution in [2.24, 2.45) is 11.8 Å². The Bertz CT molecular complexity index is 338. The van der Waals surface area contributed by atoms with E-state index in [2.05, 4.69) is 49.5 Å². The van der Waals surface area contributed by atoms with Crippen LogP contribution in [0, 0.1) is 11.8 Å². The predicted molar refractivity (Wildman–Crippen MR) is 83.5 cm³/mol. The Hall–Kier alpha value is -0.820. The van der Waals surface area contributed by atoms with Crippen molar-refractivity contribution in [3.8, 4) is 0 Å². The molecule has 19 heavy (non-hydrogen) atoms. The van der Waals surface area contributed by atoms with Gasteiger partial charge in [0.25, 0.3) is 0 Å². The first kappa shape index (κ1) is 14.6. The third-order valence-electron chi connectivity index (χ3n) is 4.66. The van der Waals surface area contributed by atoms with Gasteiger partial charge in [-0.15, -0.1) is 0 Å². The van der Waals surface area contributed by atoms with Gasteiger partial charge in [0.15, 0.2) is 0 Å². The van der Waals surface area contributed by atoms with Crippen molar-refractivity contribution >= 4 is 0 Å². The first-order chi connectivity index (χ1) is 9.29. The lowest BCUT2D eigenvalue weighted by Gasteiger charge is -2.29. The Kier molecular flexibility index (Phi) is 5.91. The fourth-order valence-electron chi connectivity index (χ4n) is 3.35. The lowest BCUT2D eigenvalue weighted by Crippen LogP contribution is -2.24. The van der Waals surface area contributed by atoms with Crippen molar-refractivity contribution < 1.29 is 0 Å². The SMILES string of the molecule is CCNCC(CC1CCC(C)CC1)c1ccccc1. The maximum absolute atomic E-state index is 3.55. The van der Waals surface area contributed by atoms with Crippen LogP contribution < -0.4 is 5.32 Å². The molecule has 0 radical (unpaired) electrons. The highest BCUT2D eigenvalue weighted by molar-refractivity contribution is 5.20. The van der Waals surface area contributed by atoms with Gasteiger partial charge in [0.05, 0.1) is 0 Å². The van der Waals surface area contributed by atoms with Crippen LogP contribution >= 0.6 is 0 Å². The van der Waals surface area contributed by atoms with Gasteiger partial charge < -0.3 is 5.32 Å². The lowest BCUT2D eigenvalue weighted by molar-refractivity contribution is 0.263. The van der Waals surface area contributed by atoms with E-state index in [0.717, 1.165) is 24.9 Å². The fraction of sp³-hybridized carbons (Fsp3) is 0.667. The van der Waals surface area contributed by atoms with Gasteiger partial charge in [-0.25, -0.2) is 0 Å².